The summed E-state index contributed by atoms with van der Waals surface area (Å²) in [5, 5.41) is 0. The highest BCUT2D eigenvalue weighted by Gasteiger charge is 2.56. The number of amides is 3. The van der Waals surface area contributed by atoms with Crippen molar-refractivity contribution in [2.45, 2.75) is 13.3 Å². The molecular formula is C18H24N4O3. The fraction of sp³-hybridized carbons (Fsp3) is 0.611. The quantitative estimate of drug-likeness (QED) is 0.768. The lowest BCUT2D eigenvalue weighted by Crippen LogP contribution is -2.48. The SMILES string of the molecule is C[C@@H]1CN(C(=O)N2CCOCC2)C[C@]12CCN(c1cccnc1)C2=O. The van der Waals surface area contributed by atoms with Crippen LogP contribution >= 0.6 is 0 Å². The van der Waals surface area contributed by atoms with Gasteiger partial charge in [-0.25, -0.2) is 4.79 Å². The minimum atomic E-state index is -0.461. The molecule has 3 amide bonds. The minimum absolute atomic E-state index is 0.0413. The van der Waals surface area contributed by atoms with Crippen LogP contribution in [0.4, 0.5) is 10.5 Å². The first kappa shape index (κ1) is 16.3. The van der Waals surface area contributed by atoms with Crippen LogP contribution in [-0.2, 0) is 9.53 Å². The largest absolute Gasteiger partial charge is 0.378 e. The van der Waals surface area contributed by atoms with Gasteiger partial charge in [-0.05, 0) is 24.5 Å². The Bertz CT molecular complexity index is 662. The Kier molecular flexibility index (Phi) is 4.11. The third-order valence-electron chi connectivity index (χ3n) is 5.87. The van der Waals surface area contributed by atoms with Crippen LogP contribution in [0, 0.1) is 11.3 Å². The number of nitrogens with zero attached hydrogens (tertiary/aromatic N) is 4. The summed E-state index contributed by atoms with van der Waals surface area (Å²) in [5.41, 5.74) is 0.382. The highest BCUT2D eigenvalue weighted by molar-refractivity contribution is 6.00. The molecule has 0 radical (unpaired) electrons. The number of urea groups is 1. The molecule has 4 heterocycles. The van der Waals surface area contributed by atoms with Crippen molar-refractivity contribution in [1.29, 1.82) is 0 Å². The van der Waals surface area contributed by atoms with E-state index in [1.54, 1.807) is 12.4 Å². The van der Waals surface area contributed by atoms with Gasteiger partial charge < -0.3 is 19.4 Å². The molecule has 1 aromatic rings. The molecule has 3 aliphatic rings. The Morgan fingerprint density at radius 2 is 2.08 bits per heavy atom. The summed E-state index contributed by atoms with van der Waals surface area (Å²) in [5.74, 6) is 0.289. The lowest BCUT2D eigenvalue weighted by Gasteiger charge is -2.31. The summed E-state index contributed by atoms with van der Waals surface area (Å²) < 4.78 is 5.33. The van der Waals surface area contributed by atoms with Crippen molar-refractivity contribution in [3.63, 3.8) is 0 Å². The fourth-order valence-corrected chi connectivity index (χ4v) is 4.32. The van der Waals surface area contributed by atoms with Gasteiger partial charge >= 0.3 is 6.03 Å². The molecule has 25 heavy (non-hydrogen) atoms. The number of morpholine rings is 1. The van der Waals surface area contributed by atoms with Crippen LogP contribution in [0.2, 0.25) is 0 Å². The molecule has 4 rings (SSSR count). The fourth-order valence-electron chi connectivity index (χ4n) is 4.32. The van der Waals surface area contributed by atoms with Gasteiger partial charge in [-0.15, -0.1) is 0 Å². The van der Waals surface area contributed by atoms with Crippen molar-refractivity contribution in [1.82, 2.24) is 14.8 Å². The van der Waals surface area contributed by atoms with Gasteiger partial charge in [0.25, 0.3) is 0 Å². The maximum atomic E-state index is 13.2. The second-order valence-electron chi connectivity index (χ2n) is 7.24. The molecule has 2 atom stereocenters. The van der Waals surface area contributed by atoms with Crippen molar-refractivity contribution in [3.05, 3.63) is 24.5 Å². The molecule has 1 spiro atoms. The zero-order chi connectivity index (χ0) is 17.4. The smallest absolute Gasteiger partial charge is 0.320 e. The molecule has 0 saturated carbocycles. The van der Waals surface area contributed by atoms with E-state index in [0.29, 0.717) is 45.9 Å². The van der Waals surface area contributed by atoms with E-state index in [9.17, 15) is 9.59 Å². The number of hydrogen-bond donors (Lipinski definition) is 0. The molecule has 0 aromatic carbocycles. The Morgan fingerprint density at radius 3 is 2.80 bits per heavy atom. The first-order valence-electron chi connectivity index (χ1n) is 8.95. The van der Waals surface area contributed by atoms with Gasteiger partial charge in [0.15, 0.2) is 0 Å². The van der Waals surface area contributed by atoms with Crippen LogP contribution < -0.4 is 4.90 Å². The maximum Gasteiger partial charge on any atom is 0.320 e. The molecule has 0 bridgehead atoms. The average Bonchev–Trinajstić information content (AvgIpc) is 3.17. The van der Waals surface area contributed by atoms with E-state index in [2.05, 4.69) is 11.9 Å². The zero-order valence-electron chi connectivity index (χ0n) is 14.6. The van der Waals surface area contributed by atoms with Gasteiger partial charge in [-0.2, -0.15) is 0 Å². The number of carbonyl (C=O) groups is 2. The first-order chi connectivity index (χ1) is 12.1. The van der Waals surface area contributed by atoms with Crippen molar-refractivity contribution < 1.29 is 14.3 Å². The number of likely N-dealkylation sites (tertiary alicyclic amines) is 1. The van der Waals surface area contributed by atoms with Crippen LogP contribution in [0.25, 0.3) is 0 Å². The second kappa shape index (κ2) is 6.29. The number of carbonyl (C=O) groups excluding carboxylic acids is 2. The molecule has 134 valence electrons. The zero-order valence-corrected chi connectivity index (χ0v) is 14.6. The van der Waals surface area contributed by atoms with E-state index in [-0.39, 0.29) is 17.9 Å². The molecular weight excluding hydrogens is 320 g/mol. The Morgan fingerprint density at radius 1 is 1.28 bits per heavy atom. The van der Waals surface area contributed by atoms with E-state index in [1.165, 1.54) is 0 Å². The van der Waals surface area contributed by atoms with Crippen LogP contribution in [0.1, 0.15) is 13.3 Å². The van der Waals surface area contributed by atoms with E-state index < -0.39 is 5.41 Å². The molecule has 0 aliphatic carbocycles. The number of ether oxygens (including phenoxy) is 1. The van der Waals surface area contributed by atoms with Crippen LogP contribution in [0.15, 0.2) is 24.5 Å². The van der Waals surface area contributed by atoms with Crippen molar-refractivity contribution in [3.8, 4) is 0 Å². The first-order valence-corrected chi connectivity index (χ1v) is 8.95. The maximum absolute atomic E-state index is 13.2. The van der Waals surface area contributed by atoms with Crippen LogP contribution in [0.5, 0.6) is 0 Å². The molecule has 0 unspecified atom stereocenters. The van der Waals surface area contributed by atoms with Crippen molar-refractivity contribution in [2.24, 2.45) is 11.3 Å². The van der Waals surface area contributed by atoms with Gasteiger partial charge in [0.2, 0.25) is 5.91 Å². The summed E-state index contributed by atoms with van der Waals surface area (Å²) in [4.78, 5) is 35.7. The molecule has 7 nitrogen and oxygen atoms in total. The molecule has 7 heteroatoms. The predicted molar refractivity (Wildman–Crippen MR) is 92.2 cm³/mol. The van der Waals surface area contributed by atoms with Gasteiger partial charge in [0, 0.05) is 38.9 Å². The van der Waals surface area contributed by atoms with Crippen molar-refractivity contribution >= 4 is 17.6 Å². The molecule has 3 saturated heterocycles. The second-order valence-corrected chi connectivity index (χ2v) is 7.24. The summed E-state index contributed by atoms with van der Waals surface area (Å²) >= 11 is 0. The highest BCUT2D eigenvalue weighted by atomic mass is 16.5. The normalized spacial score (nSPS) is 29.7. The average molecular weight is 344 g/mol. The predicted octanol–water partition coefficient (Wildman–Crippen LogP) is 1.21. The standard InChI is InChI=1S/C18H24N4O3/c1-14-12-21(17(24)20-7-9-25-10-8-20)13-18(14)4-6-22(16(18)23)15-3-2-5-19-11-15/h2-3,5,11,14H,4,6-10,12-13H2,1H3/t14-,18-/m1/s1. The Balaban J connectivity index is 1.51. The third kappa shape index (κ3) is 2.66. The molecule has 3 fully saturated rings. The minimum Gasteiger partial charge on any atom is -0.378 e. The molecule has 0 N–H and O–H groups in total. The number of anilines is 1. The summed E-state index contributed by atoms with van der Waals surface area (Å²) in [6.45, 7) is 6.38. The summed E-state index contributed by atoms with van der Waals surface area (Å²) in [7, 11) is 0. The van der Waals surface area contributed by atoms with E-state index >= 15 is 0 Å². The topological polar surface area (TPSA) is 66.0 Å². The monoisotopic (exact) mass is 344 g/mol. The number of aromatic nitrogens is 1. The van der Waals surface area contributed by atoms with Gasteiger partial charge in [0.05, 0.1) is 30.5 Å². The van der Waals surface area contributed by atoms with Gasteiger partial charge in [0.1, 0.15) is 0 Å². The van der Waals surface area contributed by atoms with Crippen LogP contribution in [0.3, 0.4) is 0 Å². The van der Waals surface area contributed by atoms with Gasteiger partial charge in [-0.1, -0.05) is 6.92 Å². The summed E-state index contributed by atoms with van der Waals surface area (Å²) in [6.07, 6.45) is 4.22. The van der Waals surface area contributed by atoms with E-state index in [4.69, 9.17) is 4.74 Å². The van der Waals surface area contributed by atoms with Gasteiger partial charge in [-0.3, -0.25) is 9.78 Å². The summed E-state index contributed by atoms with van der Waals surface area (Å²) in [6, 6.07) is 3.81. The third-order valence-corrected chi connectivity index (χ3v) is 5.87. The van der Waals surface area contributed by atoms with E-state index in [0.717, 1.165) is 12.1 Å². The molecule has 3 aliphatic heterocycles. The Labute approximate surface area is 147 Å². The van der Waals surface area contributed by atoms with Crippen molar-refractivity contribution in [2.75, 3.05) is 50.8 Å². The number of rotatable bonds is 1. The molecule has 1 aromatic heterocycles. The van der Waals surface area contributed by atoms with Crippen LogP contribution in [-0.4, -0.2) is 72.7 Å². The lowest BCUT2D eigenvalue weighted by molar-refractivity contribution is -0.126. The number of hydrogen-bond acceptors (Lipinski definition) is 4. The lowest BCUT2D eigenvalue weighted by atomic mass is 9.78. The highest BCUT2D eigenvalue weighted by Crippen LogP contribution is 2.46. The number of pyridine rings is 1. The van der Waals surface area contributed by atoms with E-state index in [1.807, 2.05) is 26.8 Å². The Hall–Kier alpha value is -2.15.